The zero-order valence-corrected chi connectivity index (χ0v) is 16.8. The molecule has 1 aliphatic rings. The van der Waals surface area contributed by atoms with Crippen LogP contribution in [0.3, 0.4) is 0 Å². The summed E-state index contributed by atoms with van der Waals surface area (Å²) in [5.41, 5.74) is 0. The van der Waals surface area contributed by atoms with E-state index in [9.17, 15) is 9.59 Å². The van der Waals surface area contributed by atoms with Gasteiger partial charge in [0.15, 0.2) is 0 Å². The highest BCUT2D eigenvalue weighted by Crippen LogP contribution is 2.12. The number of ketones is 1. The van der Waals surface area contributed by atoms with Gasteiger partial charge in [-0.05, 0) is 6.42 Å². The molecular formula is C21H41N2O2+. The normalized spacial score (nSPS) is 15.5. The van der Waals surface area contributed by atoms with Crippen LogP contribution in [0, 0.1) is 0 Å². The van der Waals surface area contributed by atoms with Crippen molar-refractivity contribution >= 4 is 11.7 Å². The lowest BCUT2D eigenvalue weighted by molar-refractivity contribution is -0.883. The molecule has 0 saturated carbocycles. The molecule has 1 heterocycles. The van der Waals surface area contributed by atoms with Gasteiger partial charge < -0.3 is 9.80 Å². The molecule has 1 saturated heterocycles. The van der Waals surface area contributed by atoms with Gasteiger partial charge in [-0.15, -0.1) is 0 Å². The first-order chi connectivity index (χ1) is 12.1. The molecular weight excluding hydrogens is 312 g/mol. The Morgan fingerprint density at radius 3 is 1.68 bits per heavy atom. The number of carbonyl (C=O) groups excluding carboxylic acids is 2. The number of piperazine rings is 1. The van der Waals surface area contributed by atoms with Gasteiger partial charge in [0.2, 0.25) is 5.78 Å². The maximum atomic E-state index is 12.1. The number of hydrogen-bond acceptors (Lipinski definition) is 2. The van der Waals surface area contributed by atoms with Crippen LogP contribution in [-0.4, -0.2) is 49.8 Å². The summed E-state index contributed by atoms with van der Waals surface area (Å²) in [5, 5.41) is 0. The molecule has 146 valence electrons. The second-order valence-corrected chi connectivity index (χ2v) is 7.81. The number of nitrogens with one attached hydrogen (secondary N) is 1. The van der Waals surface area contributed by atoms with E-state index in [0.29, 0.717) is 6.42 Å². The average molecular weight is 354 g/mol. The Bertz CT molecular complexity index is 363. The van der Waals surface area contributed by atoms with Crippen molar-refractivity contribution in [1.29, 1.82) is 0 Å². The number of Topliss-reactive ketones (excluding diaryl/α,β-unsaturated/α-hetero) is 1. The topological polar surface area (TPSA) is 41.8 Å². The molecule has 0 aromatic heterocycles. The molecule has 0 unspecified atom stereocenters. The highest BCUT2D eigenvalue weighted by Gasteiger charge is 2.25. The van der Waals surface area contributed by atoms with Gasteiger partial charge in [-0.1, -0.05) is 77.6 Å². The van der Waals surface area contributed by atoms with E-state index in [1.54, 1.807) is 4.90 Å². The van der Waals surface area contributed by atoms with Crippen molar-refractivity contribution < 1.29 is 14.5 Å². The van der Waals surface area contributed by atoms with Gasteiger partial charge in [0.05, 0.1) is 33.2 Å². The van der Waals surface area contributed by atoms with Crippen LogP contribution in [0.15, 0.2) is 0 Å². The quantitative estimate of drug-likeness (QED) is 0.385. The number of carbonyl (C=O) groups is 2. The standard InChI is InChI=1S/C21H40N2O2/c1-3-4-5-6-7-8-9-10-11-12-13-14-15-20(24)21(25)23-18-16-22(2)17-19-23/h3-19H2,1-2H3/p+1. The Morgan fingerprint density at radius 2 is 1.20 bits per heavy atom. The molecule has 0 aliphatic carbocycles. The highest BCUT2D eigenvalue weighted by molar-refractivity contribution is 6.36. The number of amides is 1. The number of quaternary nitrogens is 1. The van der Waals surface area contributed by atoms with Crippen molar-refractivity contribution in [2.75, 3.05) is 33.2 Å². The van der Waals surface area contributed by atoms with Crippen LogP contribution in [-0.2, 0) is 9.59 Å². The summed E-state index contributed by atoms with van der Waals surface area (Å²) in [7, 11) is 2.14. The van der Waals surface area contributed by atoms with E-state index >= 15 is 0 Å². The summed E-state index contributed by atoms with van der Waals surface area (Å²) in [6.45, 7) is 5.63. The van der Waals surface area contributed by atoms with Crippen molar-refractivity contribution in [3.05, 3.63) is 0 Å². The third-order valence-electron chi connectivity index (χ3n) is 5.40. The fourth-order valence-electron chi connectivity index (χ4n) is 3.50. The summed E-state index contributed by atoms with van der Waals surface area (Å²) in [6, 6.07) is 0. The minimum Gasteiger partial charge on any atom is -0.334 e. The first kappa shape index (κ1) is 22.1. The van der Waals surface area contributed by atoms with Gasteiger partial charge in [-0.2, -0.15) is 0 Å². The molecule has 0 bridgehead atoms. The molecule has 4 heteroatoms. The molecule has 0 aromatic rings. The van der Waals surface area contributed by atoms with Crippen LogP contribution >= 0.6 is 0 Å². The highest BCUT2D eigenvalue weighted by atomic mass is 16.2. The van der Waals surface area contributed by atoms with E-state index < -0.39 is 0 Å². The lowest BCUT2D eigenvalue weighted by Gasteiger charge is -2.29. The van der Waals surface area contributed by atoms with Crippen LogP contribution in [0.4, 0.5) is 0 Å². The van der Waals surface area contributed by atoms with Crippen LogP contribution in [0.5, 0.6) is 0 Å². The number of unbranched alkanes of at least 4 members (excludes halogenated alkanes) is 11. The third-order valence-corrected chi connectivity index (χ3v) is 5.40. The number of nitrogens with zero attached hydrogens (tertiary/aromatic N) is 1. The zero-order valence-electron chi connectivity index (χ0n) is 16.8. The van der Waals surface area contributed by atoms with Gasteiger partial charge in [-0.25, -0.2) is 0 Å². The molecule has 0 spiro atoms. The summed E-state index contributed by atoms with van der Waals surface area (Å²) in [5.74, 6) is -0.415. The van der Waals surface area contributed by atoms with E-state index in [1.807, 2.05) is 0 Å². The second kappa shape index (κ2) is 14.3. The molecule has 1 N–H and O–H groups in total. The molecule has 25 heavy (non-hydrogen) atoms. The maximum Gasteiger partial charge on any atom is 0.290 e. The molecule has 1 amide bonds. The first-order valence-corrected chi connectivity index (χ1v) is 10.8. The fraction of sp³-hybridized carbons (Fsp3) is 0.905. The smallest absolute Gasteiger partial charge is 0.290 e. The Labute approximate surface area is 155 Å². The Morgan fingerprint density at radius 1 is 0.760 bits per heavy atom. The van der Waals surface area contributed by atoms with Gasteiger partial charge in [0.1, 0.15) is 0 Å². The lowest BCUT2D eigenvalue weighted by atomic mass is 10.0. The van der Waals surface area contributed by atoms with Crippen molar-refractivity contribution in [3.8, 4) is 0 Å². The van der Waals surface area contributed by atoms with Crippen LogP contribution in [0.1, 0.15) is 90.4 Å². The third kappa shape index (κ3) is 10.6. The Kier molecular flexibility index (Phi) is 12.7. The van der Waals surface area contributed by atoms with Crippen molar-refractivity contribution in [2.45, 2.75) is 90.4 Å². The number of hydrogen-bond donors (Lipinski definition) is 1. The molecule has 0 aromatic carbocycles. The van der Waals surface area contributed by atoms with E-state index in [2.05, 4.69) is 14.0 Å². The minimum absolute atomic E-state index is 0.174. The first-order valence-electron chi connectivity index (χ1n) is 10.8. The molecule has 4 nitrogen and oxygen atoms in total. The van der Waals surface area contributed by atoms with Gasteiger partial charge >= 0.3 is 0 Å². The van der Waals surface area contributed by atoms with Crippen LogP contribution < -0.4 is 4.90 Å². The van der Waals surface area contributed by atoms with Gasteiger partial charge in [0, 0.05) is 6.42 Å². The number of rotatable bonds is 14. The van der Waals surface area contributed by atoms with E-state index in [4.69, 9.17) is 0 Å². The van der Waals surface area contributed by atoms with Gasteiger partial charge in [0.25, 0.3) is 5.91 Å². The Balaban J connectivity index is 1.90. The van der Waals surface area contributed by atoms with Gasteiger partial charge in [-0.3, -0.25) is 9.59 Å². The largest absolute Gasteiger partial charge is 0.334 e. The summed E-state index contributed by atoms with van der Waals surface area (Å²) < 4.78 is 0. The monoisotopic (exact) mass is 353 g/mol. The maximum absolute atomic E-state index is 12.1. The second-order valence-electron chi connectivity index (χ2n) is 7.81. The van der Waals surface area contributed by atoms with Crippen LogP contribution in [0.2, 0.25) is 0 Å². The summed E-state index contributed by atoms with van der Waals surface area (Å²) in [4.78, 5) is 27.3. The van der Waals surface area contributed by atoms with Crippen molar-refractivity contribution in [1.82, 2.24) is 4.90 Å². The SMILES string of the molecule is CCCCCCCCCCCCCCC(=O)C(=O)N1CC[NH+](C)CC1. The zero-order chi connectivity index (χ0) is 18.3. The van der Waals surface area contributed by atoms with E-state index in [-0.39, 0.29) is 11.7 Å². The van der Waals surface area contributed by atoms with Crippen LogP contribution in [0.25, 0.3) is 0 Å². The molecule has 1 fully saturated rings. The fourth-order valence-corrected chi connectivity index (χ4v) is 3.50. The molecule has 1 rings (SSSR count). The van der Waals surface area contributed by atoms with Crippen molar-refractivity contribution in [2.24, 2.45) is 0 Å². The number of likely N-dealkylation sites (N-methyl/N-ethyl adjacent to an activating group) is 1. The van der Waals surface area contributed by atoms with E-state index in [0.717, 1.165) is 39.0 Å². The molecule has 0 atom stereocenters. The minimum atomic E-state index is -0.240. The van der Waals surface area contributed by atoms with E-state index in [1.165, 1.54) is 69.1 Å². The summed E-state index contributed by atoms with van der Waals surface area (Å²) >= 11 is 0. The summed E-state index contributed by atoms with van der Waals surface area (Å²) in [6.07, 6.45) is 15.8. The Hall–Kier alpha value is -0.900. The van der Waals surface area contributed by atoms with Crippen molar-refractivity contribution in [3.63, 3.8) is 0 Å². The predicted molar refractivity (Wildman–Crippen MR) is 104 cm³/mol. The average Bonchev–Trinajstić information content (AvgIpc) is 2.62. The lowest BCUT2D eigenvalue weighted by Crippen LogP contribution is -3.12. The molecule has 1 aliphatic heterocycles. The predicted octanol–water partition coefficient (Wildman–Crippen LogP) is 3.00. The molecule has 0 radical (unpaired) electrons.